The molecule has 0 fully saturated rings. The fourth-order valence-electron chi connectivity index (χ4n) is 3.69. The van der Waals surface area contributed by atoms with E-state index in [0.29, 0.717) is 21.7 Å². The van der Waals surface area contributed by atoms with Crippen molar-refractivity contribution < 1.29 is 12.8 Å². The second kappa shape index (κ2) is 9.30. The molecular weight excluding hydrogens is 498 g/mol. The van der Waals surface area contributed by atoms with Crippen LogP contribution in [-0.4, -0.2) is 18.2 Å². The van der Waals surface area contributed by atoms with Crippen LogP contribution in [0.2, 0.25) is 5.02 Å². The van der Waals surface area contributed by atoms with Gasteiger partial charge in [-0.2, -0.15) is 10.4 Å². The Morgan fingerprint density at radius 2 is 1.69 bits per heavy atom. The molecule has 5 rings (SSSR count). The molecule has 0 aliphatic carbocycles. The standard InChI is InChI=1S/C27H16ClN3O4S/c28-20-10-12-22(13-11-20)36(33,34)23(16-29)14-19-17-31(21-7-2-1-3-8-21)30-26(19)24-15-18-6-4-5-9-25(18)35-27(24)32/h1-15,17H. The van der Waals surface area contributed by atoms with E-state index in [9.17, 15) is 18.5 Å². The highest BCUT2D eigenvalue weighted by Gasteiger charge is 2.23. The fourth-order valence-corrected chi connectivity index (χ4v) is 4.97. The van der Waals surface area contributed by atoms with Gasteiger partial charge in [-0.15, -0.1) is 0 Å². The van der Waals surface area contributed by atoms with Gasteiger partial charge in [0.05, 0.1) is 16.1 Å². The number of hydrogen-bond acceptors (Lipinski definition) is 6. The number of sulfone groups is 1. The van der Waals surface area contributed by atoms with Gasteiger partial charge in [-0.1, -0.05) is 48.0 Å². The first kappa shape index (κ1) is 23.3. The molecule has 9 heteroatoms. The Morgan fingerprint density at radius 3 is 2.42 bits per heavy atom. The van der Waals surface area contributed by atoms with E-state index >= 15 is 0 Å². The van der Waals surface area contributed by atoms with Crippen molar-refractivity contribution in [1.29, 1.82) is 5.26 Å². The van der Waals surface area contributed by atoms with E-state index in [-0.39, 0.29) is 21.7 Å². The van der Waals surface area contributed by atoms with Crippen LogP contribution in [0.4, 0.5) is 0 Å². The molecule has 0 radical (unpaired) electrons. The zero-order valence-corrected chi connectivity index (χ0v) is 20.1. The van der Waals surface area contributed by atoms with Gasteiger partial charge in [0.25, 0.3) is 0 Å². The summed E-state index contributed by atoms with van der Waals surface area (Å²) in [6, 6.07) is 25.1. The second-order valence-electron chi connectivity index (χ2n) is 7.78. The Morgan fingerprint density at radius 1 is 1.00 bits per heavy atom. The minimum atomic E-state index is -4.16. The van der Waals surface area contributed by atoms with E-state index in [0.717, 1.165) is 0 Å². The van der Waals surface area contributed by atoms with Crippen molar-refractivity contribution in [3.63, 3.8) is 0 Å². The summed E-state index contributed by atoms with van der Waals surface area (Å²) in [6.07, 6.45) is 2.77. The lowest BCUT2D eigenvalue weighted by molar-refractivity contribution is 0.563. The SMILES string of the molecule is N#CC(=Cc1cn(-c2ccccc2)nc1-c1cc2ccccc2oc1=O)S(=O)(=O)c1ccc(Cl)cc1. The topological polar surface area (TPSA) is 106 Å². The molecule has 0 amide bonds. The molecule has 0 saturated heterocycles. The first-order valence-corrected chi connectivity index (χ1v) is 12.5. The van der Waals surface area contributed by atoms with Crippen LogP contribution in [0.15, 0.2) is 110 Å². The largest absolute Gasteiger partial charge is 0.422 e. The van der Waals surface area contributed by atoms with Crippen LogP contribution in [0.25, 0.3) is 34.0 Å². The summed E-state index contributed by atoms with van der Waals surface area (Å²) in [7, 11) is -4.16. The quantitative estimate of drug-likeness (QED) is 0.222. The molecule has 176 valence electrons. The maximum Gasteiger partial charge on any atom is 0.345 e. The summed E-state index contributed by atoms with van der Waals surface area (Å²) in [4.78, 5) is 12.3. The van der Waals surface area contributed by atoms with E-state index in [1.54, 1.807) is 36.5 Å². The molecule has 0 aliphatic rings. The van der Waals surface area contributed by atoms with Gasteiger partial charge < -0.3 is 4.42 Å². The van der Waals surface area contributed by atoms with Crippen molar-refractivity contribution in [1.82, 2.24) is 9.78 Å². The minimum absolute atomic E-state index is 0.0816. The van der Waals surface area contributed by atoms with Crippen LogP contribution >= 0.6 is 11.6 Å². The molecule has 0 aliphatic heterocycles. The molecule has 0 atom stereocenters. The summed E-state index contributed by atoms with van der Waals surface area (Å²) >= 11 is 5.89. The Hall–Kier alpha value is -4.45. The molecule has 3 aromatic carbocycles. The number of allylic oxidation sites excluding steroid dienone is 1. The predicted octanol–water partition coefficient (Wildman–Crippen LogP) is 5.64. The Balaban J connectivity index is 1.73. The van der Waals surface area contributed by atoms with Crippen molar-refractivity contribution in [3.05, 3.63) is 117 Å². The Labute approximate surface area is 211 Å². The van der Waals surface area contributed by atoms with Crippen molar-refractivity contribution in [3.8, 4) is 23.0 Å². The third-order valence-electron chi connectivity index (χ3n) is 5.47. The summed E-state index contributed by atoms with van der Waals surface area (Å²) < 4.78 is 33.4. The smallest absolute Gasteiger partial charge is 0.345 e. The lowest BCUT2D eigenvalue weighted by Crippen LogP contribution is -2.05. The number of nitriles is 1. The Bertz CT molecular complexity index is 1830. The third kappa shape index (κ3) is 4.33. The summed E-state index contributed by atoms with van der Waals surface area (Å²) in [5, 5.41) is 15.4. The first-order chi connectivity index (χ1) is 17.4. The van der Waals surface area contributed by atoms with Gasteiger partial charge in [0, 0.05) is 22.2 Å². The van der Waals surface area contributed by atoms with Gasteiger partial charge in [-0.05, 0) is 54.6 Å². The minimum Gasteiger partial charge on any atom is -0.422 e. The molecule has 0 unspecified atom stereocenters. The fraction of sp³-hybridized carbons (Fsp3) is 0. The number of para-hydroxylation sites is 2. The zero-order chi connectivity index (χ0) is 25.3. The van der Waals surface area contributed by atoms with Gasteiger partial charge in [-0.25, -0.2) is 17.9 Å². The van der Waals surface area contributed by atoms with Gasteiger partial charge in [0.15, 0.2) is 0 Å². The van der Waals surface area contributed by atoms with Crippen molar-refractivity contribution in [2.24, 2.45) is 0 Å². The van der Waals surface area contributed by atoms with E-state index in [4.69, 9.17) is 16.0 Å². The number of nitrogens with zero attached hydrogens (tertiary/aromatic N) is 3. The molecule has 5 aromatic rings. The summed E-state index contributed by atoms with van der Waals surface area (Å²) in [5.41, 5.74) is 1.03. The average Bonchev–Trinajstić information content (AvgIpc) is 3.31. The van der Waals surface area contributed by atoms with E-state index in [1.165, 1.54) is 35.0 Å². The molecule has 2 aromatic heterocycles. The van der Waals surface area contributed by atoms with Crippen LogP contribution < -0.4 is 5.63 Å². The van der Waals surface area contributed by atoms with Crippen LogP contribution in [-0.2, 0) is 9.84 Å². The molecule has 7 nitrogen and oxygen atoms in total. The number of rotatable bonds is 5. The summed E-state index contributed by atoms with van der Waals surface area (Å²) in [6.45, 7) is 0. The lowest BCUT2D eigenvalue weighted by Gasteiger charge is -2.04. The second-order valence-corrected chi connectivity index (χ2v) is 10.1. The van der Waals surface area contributed by atoms with Crippen molar-refractivity contribution in [2.75, 3.05) is 0 Å². The van der Waals surface area contributed by atoms with Crippen LogP contribution in [0, 0.1) is 11.3 Å². The molecule has 0 saturated carbocycles. The number of aromatic nitrogens is 2. The number of hydrogen-bond donors (Lipinski definition) is 0. The highest BCUT2D eigenvalue weighted by molar-refractivity contribution is 7.95. The highest BCUT2D eigenvalue weighted by atomic mass is 35.5. The van der Waals surface area contributed by atoms with Gasteiger partial charge >= 0.3 is 5.63 Å². The van der Waals surface area contributed by atoms with Crippen molar-refractivity contribution >= 4 is 38.5 Å². The van der Waals surface area contributed by atoms with Gasteiger partial charge in [0.2, 0.25) is 9.84 Å². The normalized spacial score (nSPS) is 11.9. The van der Waals surface area contributed by atoms with Gasteiger partial charge in [-0.3, -0.25) is 0 Å². The molecule has 0 N–H and O–H groups in total. The maximum absolute atomic E-state index is 13.2. The number of halogens is 1. The predicted molar refractivity (Wildman–Crippen MR) is 137 cm³/mol. The highest BCUT2D eigenvalue weighted by Crippen LogP contribution is 2.29. The lowest BCUT2D eigenvalue weighted by atomic mass is 10.1. The van der Waals surface area contributed by atoms with E-state index < -0.39 is 20.4 Å². The molecule has 0 bridgehead atoms. The third-order valence-corrected chi connectivity index (χ3v) is 7.40. The van der Waals surface area contributed by atoms with Crippen LogP contribution in [0.5, 0.6) is 0 Å². The molecule has 2 heterocycles. The van der Waals surface area contributed by atoms with E-state index in [2.05, 4.69) is 5.10 Å². The molecule has 36 heavy (non-hydrogen) atoms. The van der Waals surface area contributed by atoms with Crippen LogP contribution in [0.3, 0.4) is 0 Å². The number of benzene rings is 3. The Kier molecular flexibility index (Phi) is 6.02. The number of fused-ring (bicyclic) bond motifs is 1. The average molecular weight is 514 g/mol. The first-order valence-electron chi connectivity index (χ1n) is 10.7. The molecule has 0 spiro atoms. The molecular formula is C27H16ClN3O4S. The van der Waals surface area contributed by atoms with Crippen LogP contribution in [0.1, 0.15) is 5.56 Å². The summed E-state index contributed by atoms with van der Waals surface area (Å²) in [5.74, 6) is 0. The monoisotopic (exact) mass is 513 g/mol. The maximum atomic E-state index is 13.2. The van der Waals surface area contributed by atoms with Crippen molar-refractivity contribution in [2.45, 2.75) is 4.90 Å². The zero-order valence-electron chi connectivity index (χ0n) is 18.5. The van der Waals surface area contributed by atoms with E-state index in [1.807, 2.05) is 36.4 Å². The van der Waals surface area contributed by atoms with Gasteiger partial charge in [0.1, 0.15) is 22.3 Å².